The van der Waals surface area contributed by atoms with Crippen LogP contribution in [0.2, 0.25) is 4.82 Å². The molecule has 14 heavy (non-hydrogen) atoms. The van der Waals surface area contributed by atoms with E-state index >= 15 is 0 Å². The Morgan fingerprint density at radius 1 is 1.29 bits per heavy atom. The first-order valence-corrected chi connectivity index (χ1v) is 6.84. The topological polar surface area (TPSA) is 17.1 Å². The third-order valence-electron chi connectivity index (χ3n) is 2.55. The average molecular weight is 253 g/mol. The molecule has 0 aliphatic heterocycles. The van der Waals surface area contributed by atoms with Crippen molar-refractivity contribution in [2.75, 3.05) is 0 Å². The van der Waals surface area contributed by atoms with Crippen molar-refractivity contribution in [3.63, 3.8) is 0 Å². The molecule has 0 heterocycles. The van der Waals surface area contributed by atoms with Crippen molar-refractivity contribution < 1.29 is 4.79 Å². The summed E-state index contributed by atoms with van der Waals surface area (Å²) in [5.41, 5.74) is 0. The van der Waals surface area contributed by atoms with E-state index in [1.807, 2.05) is 6.07 Å². The van der Waals surface area contributed by atoms with Gasteiger partial charge in [0.15, 0.2) is 0 Å². The van der Waals surface area contributed by atoms with E-state index < -0.39 is 0 Å². The summed E-state index contributed by atoms with van der Waals surface area (Å²) in [7, 11) is 0. The van der Waals surface area contributed by atoms with Gasteiger partial charge >= 0.3 is 90.8 Å². The molecule has 0 saturated heterocycles. The van der Waals surface area contributed by atoms with Crippen LogP contribution < -0.4 is 4.46 Å². The van der Waals surface area contributed by atoms with Gasteiger partial charge < -0.3 is 0 Å². The van der Waals surface area contributed by atoms with Gasteiger partial charge in [-0.25, -0.2) is 0 Å². The number of ketones is 1. The Morgan fingerprint density at radius 3 is 2.57 bits per heavy atom. The molecule has 1 saturated carbocycles. The number of hydrogen-bond acceptors (Lipinski definition) is 1. The molecule has 0 radical (unpaired) electrons. The molecule has 1 fully saturated rings. The van der Waals surface area contributed by atoms with Gasteiger partial charge in [-0.3, -0.25) is 0 Å². The maximum atomic E-state index is 11.6. The van der Waals surface area contributed by atoms with Crippen molar-refractivity contribution in [2.24, 2.45) is 5.92 Å². The fourth-order valence-corrected chi connectivity index (χ4v) is 4.55. The number of carbonyl (C=O) groups is 1. The number of Topliss-reactive ketones (excluding diaryl/α,β-unsaturated/α-hetero) is 1. The van der Waals surface area contributed by atoms with E-state index in [1.54, 1.807) is 0 Å². The van der Waals surface area contributed by atoms with Crippen LogP contribution in [0, 0.1) is 5.92 Å². The zero-order valence-corrected chi connectivity index (χ0v) is 9.99. The van der Waals surface area contributed by atoms with E-state index in [2.05, 4.69) is 31.2 Å². The third-order valence-corrected chi connectivity index (χ3v) is 5.24. The van der Waals surface area contributed by atoms with Gasteiger partial charge in [-0.05, 0) is 0 Å². The van der Waals surface area contributed by atoms with Crippen molar-refractivity contribution >= 4 is 25.2 Å². The Balaban J connectivity index is 2.02. The van der Waals surface area contributed by atoms with Crippen LogP contribution in [0.3, 0.4) is 0 Å². The van der Waals surface area contributed by atoms with Gasteiger partial charge in [0, 0.05) is 0 Å². The van der Waals surface area contributed by atoms with Gasteiger partial charge in [0.2, 0.25) is 0 Å². The molecule has 2 heteroatoms. The van der Waals surface area contributed by atoms with Crippen LogP contribution in [0.4, 0.5) is 0 Å². The van der Waals surface area contributed by atoms with Crippen LogP contribution in [0.1, 0.15) is 19.8 Å². The van der Waals surface area contributed by atoms with Crippen molar-refractivity contribution in [3.8, 4) is 0 Å². The molecule has 0 N–H and O–H groups in total. The Kier molecular flexibility index (Phi) is 3.05. The van der Waals surface area contributed by atoms with Crippen molar-refractivity contribution in [2.45, 2.75) is 24.6 Å². The maximum absolute atomic E-state index is 11.6. The fourth-order valence-electron chi connectivity index (χ4n) is 1.83. The summed E-state index contributed by atoms with van der Waals surface area (Å²) in [4.78, 5) is 12.0. The molecular formula is C12H14OSe. The molecule has 0 aromatic heterocycles. The molecule has 1 aliphatic rings. The Morgan fingerprint density at radius 2 is 2.00 bits per heavy atom. The second kappa shape index (κ2) is 4.29. The van der Waals surface area contributed by atoms with Gasteiger partial charge in [-0.15, -0.1) is 0 Å². The number of rotatable bonds is 2. The van der Waals surface area contributed by atoms with E-state index in [1.165, 1.54) is 4.46 Å². The zero-order chi connectivity index (χ0) is 9.97. The zero-order valence-electron chi connectivity index (χ0n) is 8.27. The first-order valence-electron chi connectivity index (χ1n) is 5.00. The minimum absolute atomic E-state index is 0.347. The molecule has 1 aromatic carbocycles. The van der Waals surface area contributed by atoms with Crippen LogP contribution in [0.25, 0.3) is 0 Å². The molecular weight excluding hydrogens is 239 g/mol. The molecule has 1 nitrogen and oxygen atoms in total. The fraction of sp³-hybridized carbons (Fsp3) is 0.417. The van der Waals surface area contributed by atoms with E-state index in [0.29, 0.717) is 31.5 Å². The summed E-state index contributed by atoms with van der Waals surface area (Å²) in [6.07, 6.45) is 1.91. The second-order valence-corrected chi connectivity index (χ2v) is 6.61. The van der Waals surface area contributed by atoms with Crippen LogP contribution >= 0.6 is 0 Å². The SMILES string of the molecule is CC1CC(=O)C([Se]c2ccccc2)C1. The van der Waals surface area contributed by atoms with E-state index in [-0.39, 0.29) is 0 Å². The van der Waals surface area contributed by atoms with E-state index in [9.17, 15) is 4.79 Å². The molecule has 1 aromatic rings. The summed E-state index contributed by atoms with van der Waals surface area (Å²) in [6.45, 7) is 2.18. The first-order chi connectivity index (χ1) is 6.75. The van der Waals surface area contributed by atoms with Gasteiger partial charge in [0.05, 0.1) is 0 Å². The van der Waals surface area contributed by atoms with E-state index in [4.69, 9.17) is 0 Å². The summed E-state index contributed by atoms with van der Waals surface area (Å²) < 4.78 is 1.35. The molecule has 2 atom stereocenters. The predicted molar refractivity (Wildman–Crippen MR) is 59.0 cm³/mol. The van der Waals surface area contributed by atoms with Gasteiger partial charge in [-0.2, -0.15) is 0 Å². The first kappa shape index (κ1) is 9.95. The Bertz CT molecular complexity index is 320. The second-order valence-electron chi connectivity index (χ2n) is 3.93. The molecule has 0 amide bonds. The Hall–Kier alpha value is -0.591. The molecule has 0 bridgehead atoms. The van der Waals surface area contributed by atoms with Crippen molar-refractivity contribution in [1.29, 1.82) is 0 Å². The molecule has 1 aliphatic carbocycles. The number of benzene rings is 1. The van der Waals surface area contributed by atoms with Crippen LogP contribution in [0.5, 0.6) is 0 Å². The van der Waals surface area contributed by atoms with Gasteiger partial charge in [0.1, 0.15) is 0 Å². The third kappa shape index (κ3) is 2.26. The summed E-state index contributed by atoms with van der Waals surface area (Å²) in [5.74, 6) is 1.10. The molecule has 2 rings (SSSR count). The molecule has 0 spiro atoms. The van der Waals surface area contributed by atoms with Gasteiger partial charge in [-0.1, -0.05) is 0 Å². The minimum atomic E-state index is 0.347. The number of hydrogen-bond donors (Lipinski definition) is 0. The van der Waals surface area contributed by atoms with Crippen LogP contribution in [0.15, 0.2) is 30.3 Å². The predicted octanol–water partition coefficient (Wildman–Crippen LogP) is 1.80. The molecule has 2 unspecified atom stereocenters. The summed E-state index contributed by atoms with van der Waals surface area (Å²) in [6, 6.07) is 10.4. The number of carbonyl (C=O) groups excluding carboxylic acids is 1. The van der Waals surface area contributed by atoms with Crippen LogP contribution in [-0.2, 0) is 4.79 Å². The summed E-state index contributed by atoms with van der Waals surface area (Å²) >= 11 is 0.350. The van der Waals surface area contributed by atoms with Crippen LogP contribution in [-0.4, -0.2) is 20.7 Å². The van der Waals surface area contributed by atoms with Crippen molar-refractivity contribution in [3.05, 3.63) is 30.3 Å². The Labute approximate surface area is 91.1 Å². The molecule has 74 valence electrons. The van der Waals surface area contributed by atoms with Crippen molar-refractivity contribution in [1.82, 2.24) is 0 Å². The standard InChI is InChI=1S/C12H14OSe/c1-9-7-11(13)12(8-9)14-10-5-3-2-4-6-10/h2-6,9,12H,7-8H2,1H3. The summed E-state index contributed by atoms with van der Waals surface area (Å²) in [5, 5.41) is 0. The monoisotopic (exact) mass is 254 g/mol. The van der Waals surface area contributed by atoms with Gasteiger partial charge in [0.25, 0.3) is 0 Å². The van der Waals surface area contributed by atoms with E-state index in [0.717, 1.165) is 12.8 Å². The average Bonchev–Trinajstić information content (AvgIpc) is 2.47. The quantitative estimate of drug-likeness (QED) is 0.734. The normalized spacial score (nSPS) is 26.8.